The van der Waals surface area contributed by atoms with Gasteiger partial charge in [0.15, 0.2) is 0 Å². The van der Waals surface area contributed by atoms with Crippen LogP contribution in [-0.4, -0.2) is 9.55 Å². The van der Waals surface area contributed by atoms with Crippen molar-refractivity contribution in [1.82, 2.24) is 9.55 Å². The minimum atomic E-state index is 0.955. The first-order valence-electron chi connectivity index (χ1n) is 17.6. The van der Waals surface area contributed by atoms with E-state index in [0.29, 0.717) is 0 Å². The molecule has 2 aromatic heterocycles. The van der Waals surface area contributed by atoms with Gasteiger partial charge >= 0.3 is 0 Å². The van der Waals surface area contributed by atoms with Gasteiger partial charge in [-0.05, 0) is 58.7 Å². The lowest BCUT2D eigenvalue weighted by Crippen LogP contribution is -2.00. The predicted molar refractivity (Wildman–Crippen MR) is 218 cm³/mol. The van der Waals surface area contributed by atoms with Gasteiger partial charge in [0.05, 0.1) is 22.6 Å². The van der Waals surface area contributed by atoms with Gasteiger partial charge in [-0.2, -0.15) is 0 Å². The molecule has 3 heteroatoms. The summed E-state index contributed by atoms with van der Waals surface area (Å²) in [6.45, 7) is 0. The zero-order chi connectivity index (χ0) is 34.4. The molecule has 0 aliphatic carbocycles. The van der Waals surface area contributed by atoms with E-state index in [1.54, 1.807) is 0 Å². The van der Waals surface area contributed by atoms with Crippen LogP contribution in [-0.2, 0) is 0 Å². The van der Waals surface area contributed by atoms with Gasteiger partial charge in [-0.15, -0.1) is 0 Å². The summed E-state index contributed by atoms with van der Waals surface area (Å²) in [5, 5.41) is 1.24. The van der Waals surface area contributed by atoms with Crippen molar-refractivity contribution in [2.75, 3.05) is 0 Å². The van der Waals surface area contributed by atoms with Gasteiger partial charge in [-0.3, -0.25) is 0 Å². The summed E-state index contributed by atoms with van der Waals surface area (Å²) < 4.78 is 2.52. The average Bonchev–Trinajstić information content (AvgIpc) is 3.49. The number of fused-ring (bicyclic) bond motifs is 7. The first kappa shape index (κ1) is 30.4. The van der Waals surface area contributed by atoms with Crippen LogP contribution in [0.5, 0.6) is 0 Å². The van der Waals surface area contributed by atoms with E-state index in [1.165, 1.54) is 54.2 Å². The van der Waals surface area contributed by atoms with Crippen molar-refractivity contribution in [3.05, 3.63) is 194 Å². The fourth-order valence-electron chi connectivity index (χ4n) is 7.64. The van der Waals surface area contributed by atoms with Crippen molar-refractivity contribution in [3.63, 3.8) is 0 Å². The molecule has 0 atom stereocenters. The lowest BCUT2D eigenvalue weighted by molar-refractivity contribution is 1.13. The fraction of sp³-hybridized carbons (Fsp3) is 0. The normalized spacial score (nSPS) is 11.8. The molecule has 0 saturated carbocycles. The Kier molecular flexibility index (Phi) is 7.44. The van der Waals surface area contributed by atoms with E-state index in [9.17, 15) is 0 Å². The Balaban J connectivity index is 1.28. The second-order valence-corrected chi connectivity index (χ2v) is 14.2. The highest BCUT2D eigenvalue weighted by atomic mass is 32.2. The van der Waals surface area contributed by atoms with Gasteiger partial charge in [0.2, 0.25) is 0 Å². The number of hydrogen-bond acceptors (Lipinski definition) is 2. The lowest BCUT2D eigenvalue weighted by atomic mass is 9.96. The molecule has 2 nitrogen and oxygen atoms in total. The zero-order valence-corrected chi connectivity index (χ0v) is 29.1. The summed E-state index contributed by atoms with van der Waals surface area (Å²) in [6, 6.07) is 69.8. The zero-order valence-electron chi connectivity index (χ0n) is 28.3. The minimum Gasteiger partial charge on any atom is -0.308 e. The molecule has 1 aliphatic heterocycles. The molecule has 0 saturated heterocycles. The van der Waals surface area contributed by atoms with Gasteiger partial charge in [0.1, 0.15) is 0 Å². The van der Waals surface area contributed by atoms with Crippen LogP contribution in [0.1, 0.15) is 0 Å². The first-order chi connectivity index (χ1) is 25.8. The second kappa shape index (κ2) is 12.7. The molecule has 0 spiro atoms. The van der Waals surface area contributed by atoms with Crippen LogP contribution in [0.3, 0.4) is 0 Å². The highest BCUT2D eigenvalue weighted by Crippen LogP contribution is 2.53. The van der Waals surface area contributed by atoms with Gasteiger partial charge in [0, 0.05) is 48.7 Å². The van der Waals surface area contributed by atoms with E-state index in [4.69, 9.17) is 4.98 Å². The van der Waals surface area contributed by atoms with Gasteiger partial charge in [0.25, 0.3) is 0 Å². The van der Waals surface area contributed by atoms with Crippen LogP contribution < -0.4 is 0 Å². The molecule has 244 valence electrons. The number of benzene rings is 7. The number of nitrogens with zero attached hydrogens (tertiary/aromatic N) is 2. The van der Waals surface area contributed by atoms with Gasteiger partial charge < -0.3 is 4.57 Å². The summed E-state index contributed by atoms with van der Waals surface area (Å²) in [5.41, 5.74) is 16.1. The largest absolute Gasteiger partial charge is 0.308 e. The van der Waals surface area contributed by atoms with Crippen molar-refractivity contribution in [3.8, 4) is 72.8 Å². The number of rotatable bonds is 5. The molecule has 7 aromatic carbocycles. The maximum Gasteiger partial charge on any atom is 0.0715 e. The number of para-hydroxylation sites is 1. The Morgan fingerprint density at radius 2 is 0.904 bits per heavy atom. The molecule has 1 aliphatic rings. The van der Waals surface area contributed by atoms with Gasteiger partial charge in [-0.1, -0.05) is 169 Å². The van der Waals surface area contributed by atoms with Crippen LogP contribution in [0.15, 0.2) is 204 Å². The third kappa shape index (κ3) is 5.17. The van der Waals surface area contributed by atoms with E-state index in [2.05, 4.69) is 199 Å². The first-order valence-corrected chi connectivity index (χ1v) is 18.4. The SMILES string of the molecule is c1ccc(-c2cc(-c3cccc(-n4c5c(c6cccc(-c7ccccc7)c64)-c4ccccc4Sc4ccccc4-5)c3)cc(-c3ccccc3)n2)cc1. The quantitative estimate of drug-likeness (QED) is 0.180. The van der Waals surface area contributed by atoms with E-state index in [0.717, 1.165) is 39.3 Å². The molecule has 0 bridgehead atoms. The smallest absolute Gasteiger partial charge is 0.0715 e. The maximum atomic E-state index is 5.16. The molecule has 0 fully saturated rings. The molecule has 10 rings (SSSR count). The Bertz CT molecular complexity index is 2690. The Labute approximate surface area is 307 Å². The molecule has 0 amide bonds. The van der Waals surface area contributed by atoms with Crippen LogP contribution in [0.2, 0.25) is 0 Å². The third-order valence-electron chi connectivity index (χ3n) is 9.99. The molecule has 0 N–H and O–H groups in total. The van der Waals surface area contributed by atoms with Crippen molar-refractivity contribution >= 4 is 22.7 Å². The van der Waals surface area contributed by atoms with E-state index >= 15 is 0 Å². The van der Waals surface area contributed by atoms with Crippen LogP contribution in [0.25, 0.3) is 83.7 Å². The minimum absolute atomic E-state index is 0.955. The van der Waals surface area contributed by atoms with Crippen molar-refractivity contribution < 1.29 is 0 Å². The van der Waals surface area contributed by atoms with Crippen LogP contribution >= 0.6 is 11.8 Å². The summed E-state index contributed by atoms with van der Waals surface area (Å²) in [6.07, 6.45) is 0. The molecular weight excluding hydrogens is 649 g/mol. The topological polar surface area (TPSA) is 17.8 Å². The van der Waals surface area contributed by atoms with E-state index in [-0.39, 0.29) is 0 Å². The Morgan fingerprint density at radius 3 is 1.58 bits per heavy atom. The van der Waals surface area contributed by atoms with Crippen LogP contribution in [0.4, 0.5) is 0 Å². The molecule has 0 unspecified atom stereocenters. The van der Waals surface area contributed by atoms with Crippen molar-refractivity contribution in [2.45, 2.75) is 9.79 Å². The maximum absolute atomic E-state index is 5.16. The Hall–Kier alpha value is -6.42. The fourth-order valence-corrected chi connectivity index (χ4v) is 8.73. The molecule has 3 heterocycles. The summed E-state index contributed by atoms with van der Waals surface area (Å²) in [7, 11) is 0. The average molecular weight is 681 g/mol. The number of aromatic nitrogens is 2. The predicted octanol–water partition coefficient (Wildman–Crippen LogP) is 13.5. The highest BCUT2D eigenvalue weighted by Gasteiger charge is 2.29. The van der Waals surface area contributed by atoms with Crippen molar-refractivity contribution in [2.24, 2.45) is 0 Å². The van der Waals surface area contributed by atoms with E-state index in [1.807, 2.05) is 11.8 Å². The second-order valence-electron chi connectivity index (χ2n) is 13.1. The number of pyridine rings is 1. The van der Waals surface area contributed by atoms with Gasteiger partial charge in [-0.25, -0.2) is 4.98 Å². The molecular formula is C49H32N2S. The summed E-state index contributed by atoms with van der Waals surface area (Å²) in [4.78, 5) is 7.69. The Morgan fingerprint density at radius 1 is 0.385 bits per heavy atom. The summed E-state index contributed by atoms with van der Waals surface area (Å²) >= 11 is 1.86. The monoisotopic (exact) mass is 680 g/mol. The molecule has 52 heavy (non-hydrogen) atoms. The highest BCUT2D eigenvalue weighted by molar-refractivity contribution is 7.99. The summed E-state index contributed by atoms with van der Waals surface area (Å²) in [5.74, 6) is 0. The third-order valence-corrected chi connectivity index (χ3v) is 11.1. The standard InChI is InChI=1S/C49H32N2S/c1-4-16-33(17-5-1)39-26-15-27-42-47-40-24-10-12-28-45(40)52-46-29-13-11-25-41(46)49(47)51(48(39)42)38-23-14-22-36(30-38)37-31-43(34-18-6-2-7-19-34)50-44(32-37)35-20-8-3-9-21-35/h1-32H. The van der Waals surface area contributed by atoms with Crippen LogP contribution in [0, 0.1) is 0 Å². The number of hydrogen-bond donors (Lipinski definition) is 0. The lowest BCUT2D eigenvalue weighted by Gasteiger charge is -2.17. The van der Waals surface area contributed by atoms with E-state index < -0.39 is 0 Å². The van der Waals surface area contributed by atoms with Crippen molar-refractivity contribution in [1.29, 1.82) is 0 Å². The molecule has 0 radical (unpaired) electrons. The molecule has 9 aromatic rings.